The first kappa shape index (κ1) is 15.3. The summed E-state index contributed by atoms with van der Waals surface area (Å²) in [6, 6.07) is 3.79. The third-order valence-corrected chi connectivity index (χ3v) is 5.90. The topological polar surface area (TPSA) is 21.3 Å². The summed E-state index contributed by atoms with van der Waals surface area (Å²) in [5.74, 6) is 1.51. The molecule has 1 aromatic carbocycles. The number of hydrogen-bond acceptors (Lipinski definition) is 3. The van der Waals surface area contributed by atoms with E-state index < -0.39 is 11.6 Å². The van der Waals surface area contributed by atoms with Crippen LogP contribution in [-0.4, -0.2) is 30.8 Å². The molecule has 1 N–H and O–H groups in total. The number of thioether (sulfide) groups is 1. The lowest BCUT2D eigenvalue weighted by atomic mass is 9.79. The molecule has 5 heteroatoms. The quantitative estimate of drug-likeness (QED) is 0.922. The zero-order valence-electron chi connectivity index (χ0n) is 12.2. The maximum atomic E-state index is 14.1. The Morgan fingerprint density at radius 1 is 1.43 bits per heavy atom. The third kappa shape index (κ3) is 3.10. The molecule has 3 unspecified atom stereocenters. The molecule has 1 aromatic rings. The van der Waals surface area contributed by atoms with E-state index in [1.165, 1.54) is 6.07 Å². The second-order valence-electron chi connectivity index (χ2n) is 6.02. The smallest absolute Gasteiger partial charge is 0.130 e. The van der Waals surface area contributed by atoms with Crippen molar-refractivity contribution in [3.05, 3.63) is 35.4 Å². The molecule has 1 spiro atoms. The van der Waals surface area contributed by atoms with Crippen molar-refractivity contribution in [3.8, 4) is 0 Å². The molecule has 2 saturated heterocycles. The fourth-order valence-electron chi connectivity index (χ4n) is 3.61. The largest absolute Gasteiger partial charge is 0.374 e. The molecule has 0 bridgehead atoms. The van der Waals surface area contributed by atoms with Crippen LogP contribution in [0.3, 0.4) is 0 Å². The minimum Gasteiger partial charge on any atom is -0.374 e. The highest BCUT2D eigenvalue weighted by Gasteiger charge is 2.42. The SMILES string of the molecule is CNC(c1ccc(F)cc1F)C1CCOC2(CCSC2)C1. The lowest BCUT2D eigenvalue weighted by Crippen LogP contribution is -2.43. The van der Waals surface area contributed by atoms with E-state index in [-0.39, 0.29) is 11.6 Å². The van der Waals surface area contributed by atoms with Crippen LogP contribution >= 0.6 is 11.8 Å². The maximum absolute atomic E-state index is 14.1. The normalized spacial score (nSPS) is 30.7. The van der Waals surface area contributed by atoms with Crippen LogP contribution in [0, 0.1) is 17.6 Å². The van der Waals surface area contributed by atoms with E-state index >= 15 is 0 Å². The molecule has 0 amide bonds. The van der Waals surface area contributed by atoms with Gasteiger partial charge in [-0.25, -0.2) is 8.78 Å². The van der Waals surface area contributed by atoms with Crippen molar-refractivity contribution in [1.29, 1.82) is 0 Å². The maximum Gasteiger partial charge on any atom is 0.130 e. The predicted molar refractivity (Wildman–Crippen MR) is 81.5 cm³/mol. The molecule has 116 valence electrons. The van der Waals surface area contributed by atoms with Gasteiger partial charge < -0.3 is 10.1 Å². The molecule has 0 aliphatic carbocycles. The van der Waals surface area contributed by atoms with Crippen LogP contribution in [0.1, 0.15) is 30.9 Å². The third-order valence-electron chi connectivity index (χ3n) is 4.68. The summed E-state index contributed by atoms with van der Waals surface area (Å²) in [6.45, 7) is 0.728. The number of benzene rings is 1. The van der Waals surface area contributed by atoms with Crippen LogP contribution < -0.4 is 5.32 Å². The van der Waals surface area contributed by atoms with E-state index in [4.69, 9.17) is 4.74 Å². The Morgan fingerprint density at radius 3 is 2.95 bits per heavy atom. The van der Waals surface area contributed by atoms with Gasteiger partial charge in [-0.3, -0.25) is 0 Å². The number of halogens is 2. The van der Waals surface area contributed by atoms with Gasteiger partial charge in [0.05, 0.1) is 5.60 Å². The van der Waals surface area contributed by atoms with Crippen molar-refractivity contribution >= 4 is 11.8 Å². The summed E-state index contributed by atoms with van der Waals surface area (Å²) < 4.78 is 33.2. The number of ether oxygens (including phenoxy) is 1. The first-order valence-electron chi connectivity index (χ1n) is 7.47. The van der Waals surface area contributed by atoms with Gasteiger partial charge in [0.2, 0.25) is 0 Å². The van der Waals surface area contributed by atoms with E-state index in [0.717, 1.165) is 43.4 Å². The van der Waals surface area contributed by atoms with Crippen LogP contribution in [0.25, 0.3) is 0 Å². The van der Waals surface area contributed by atoms with Gasteiger partial charge in [0.1, 0.15) is 11.6 Å². The molecule has 0 saturated carbocycles. The highest BCUT2D eigenvalue weighted by atomic mass is 32.2. The molecule has 2 heterocycles. The fraction of sp³-hybridized carbons (Fsp3) is 0.625. The van der Waals surface area contributed by atoms with E-state index in [2.05, 4.69) is 5.32 Å². The van der Waals surface area contributed by atoms with Crippen LogP contribution in [0.4, 0.5) is 8.78 Å². The summed E-state index contributed by atoms with van der Waals surface area (Å²) in [7, 11) is 1.85. The minimum absolute atomic E-state index is 0.0286. The lowest BCUT2D eigenvalue weighted by Gasteiger charge is -2.41. The van der Waals surface area contributed by atoms with Crippen molar-refractivity contribution in [2.45, 2.75) is 30.9 Å². The van der Waals surface area contributed by atoms with Crippen LogP contribution in [-0.2, 0) is 4.74 Å². The van der Waals surface area contributed by atoms with E-state index in [9.17, 15) is 8.78 Å². The molecule has 2 fully saturated rings. The molecule has 21 heavy (non-hydrogen) atoms. The standard InChI is InChI=1S/C16H21F2NOS/c1-19-15(13-3-2-12(17)8-14(13)18)11-4-6-20-16(9-11)5-7-21-10-16/h2-3,8,11,15,19H,4-7,9-10H2,1H3. The van der Waals surface area contributed by atoms with Crippen molar-refractivity contribution in [2.75, 3.05) is 25.2 Å². The Hall–Kier alpha value is -0.650. The van der Waals surface area contributed by atoms with E-state index in [1.807, 2.05) is 18.8 Å². The van der Waals surface area contributed by atoms with Gasteiger partial charge in [0.15, 0.2) is 0 Å². The fourth-order valence-corrected chi connectivity index (χ4v) is 4.99. The predicted octanol–water partition coefficient (Wildman–Crippen LogP) is 3.53. The molecule has 2 aliphatic heterocycles. The van der Waals surface area contributed by atoms with Crippen molar-refractivity contribution in [2.24, 2.45) is 5.92 Å². The molecule has 3 atom stereocenters. The molecule has 2 aliphatic rings. The summed E-state index contributed by atoms with van der Waals surface area (Å²) in [4.78, 5) is 0. The summed E-state index contributed by atoms with van der Waals surface area (Å²) >= 11 is 1.93. The van der Waals surface area contributed by atoms with Gasteiger partial charge in [-0.05, 0) is 44.0 Å². The number of hydrogen-bond donors (Lipinski definition) is 1. The zero-order valence-corrected chi connectivity index (χ0v) is 13.0. The van der Waals surface area contributed by atoms with E-state index in [1.54, 1.807) is 6.07 Å². The Balaban J connectivity index is 1.82. The molecule has 0 radical (unpaired) electrons. The second kappa shape index (κ2) is 6.23. The summed E-state index contributed by atoms with van der Waals surface area (Å²) in [5, 5.41) is 3.23. The zero-order chi connectivity index (χ0) is 14.9. The van der Waals surface area contributed by atoms with Gasteiger partial charge in [-0.15, -0.1) is 0 Å². The van der Waals surface area contributed by atoms with Gasteiger partial charge >= 0.3 is 0 Å². The first-order valence-corrected chi connectivity index (χ1v) is 8.63. The Morgan fingerprint density at radius 2 is 2.29 bits per heavy atom. The van der Waals surface area contributed by atoms with Crippen molar-refractivity contribution < 1.29 is 13.5 Å². The van der Waals surface area contributed by atoms with Gasteiger partial charge in [-0.2, -0.15) is 11.8 Å². The second-order valence-corrected chi connectivity index (χ2v) is 7.12. The van der Waals surface area contributed by atoms with Crippen molar-refractivity contribution in [1.82, 2.24) is 5.32 Å². The summed E-state index contributed by atoms with van der Waals surface area (Å²) in [6.07, 6.45) is 2.94. The molecule has 3 rings (SSSR count). The average Bonchev–Trinajstić information content (AvgIpc) is 2.90. The van der Waals surface area contributed by atoms with Crippen molar-refractivity contribution in [3.63, 3.8) is 0 Å². The van der Waals surface area contributed by atoms with Crippen LogP contribution in [0.2, 0.25) is 0 Å². The van der Waals surface area contributed by atoms with Gasteiger partial charge in [-0.1, -0.05) is 6.07 Å². The highest BCUT2D eigenvalue weighted by molar-refractivity contribution is 7.99. The number of nitrogens with one attached hydrogen (secondary N) is 1. The monoisotopic (exact) mass is 313 g/mol. The Bertz CT molecular complexity index is 505. The molecular weight excluding hydrogens is 292 g/mol. The Labute approximate surface area is 128 Å². The average molecular weight is 313 g/mol. The van der Waals surface area contributed by atoms with Gasteiger partial charge in [0, 0.05) is 30.0 Å². The van der Waals surface area contributed by atoms with Gasteiger partial charge in [0.25, 0.3) is 0 Å². The minimum atomic E-state index is -0.526. The lowest BCUT2D eigenvalue weighted by molar-refractivity contribution is -0.0852. The highest BCUT2D eigenvalue weighted by Crippen LogP contribution is 2.44. The first-order chi connectivity index (χ1) is 10.1. The summed E-state index contributed by atoms with van der Waals surface area (Å²) in [5.41, 5.74) is 0.533. The number of rotatable bonds is 3. The van der Waals surface area contributed by atoms with Crippen LogP contribution in [0.5, 0.6) is 0 Å². The molecule has 2 nitrogen and oxygen atoms in total. The molecular formula is C16H21F2NOS. The van der Waals surface area contributed by atoms with Crippen LogP contribution in [0.15, 0.2) is 18.2 Å². The Kier molecular flexibility index (Phi) is 4.52. The van der Waals surface area contributed by atoms with E-state index in [0.29, 0.717) is 11.5 Å². The molecule has 0 aromatic heterocycles.